The lowest BCUT2D eigenvalue weighted by atomic mass is 10.2. The maximum absolute atomic E-state index is 12.9. The van der Waals surface area contributed by atoms with Crippen molar-refractivity contribution in [2.75, 3.05) is 0 Å². The number of ether oxygens (including phenoxy) is 1. The highest BCUT2D eigenvalue weighted by Crippen LogP contribution is 2.22. The van der Waals surface area contributed by atoms with Crippen molar-refractivity contribution in [2.45, 2.75) is 19.4 Å². The average Bonchev–Trinajstić information content (AvgIpc) is 3.28. The smallest absolute Gasteiger partial charge is 0.227 e. The van der Waals surface area contributed by atoms with Crippen LogP contribution < -0.4 is 10.1 Å². The van der Waals surface area contributed by atoms with Gasteiger partial charge in [0, 0.05) is 24.9 Å². The summed E-state index contributed by atoms with van der Waals surface area (Å²) in [6.07, 6.45) is 0.623. The zero-order valence-electron chi connectivity index (χ0n) is 16.6. The predicted molar refractivity (Wildman–Crippen MR) is 113 cm³/mol. The second-order valence-electron chi connectivity index (χ2n) is 6.85. The molecule has 31 heavy (non-hydrogen) atoms. The number of nitrogens with zero attached hydrogens (tertiary/aromatic N) is 2. The number of aryl methyl sites for hydroxylation is 1. The zero-order chi connectivity index (χ0) is 21.5. The maximum atomic E-state index is 12.9. The summed E-state index contributed by atoms with van der Waals surface area (Å²) in [5.41, 5.74) is 1.80. The molecular weight excluding hydrogens is 397 g/mol. The molecule has 1 heterocycles. The number of carbonyl (C=O) groups excluding carboxylic acids is 1. The molecule has 0 saturated carbocycles. The van der Waals surface area contributed by atoms with Gasteiger partial charge >= 0.3 is 0 Å². The van der Waals surface area contributed by atoms with E-state index < -0.39 is 0 Å². The highest BCUT2D eigenvalue weighted by molar-refractivity contribution is 5.76. The van der Waals surface area contributed by atoms with Crippen LogP contribution in [0, 0.1) is 5.82 Å². The van der Waals surface area contributed by atoms with E-state index in [1.165, 1.54) is 12.1 Å². The Morgan fingerprint density at radius 2 is 1.61 bits per heavy atom. The lowest BCUT2D eigenvalue weighted by molar-refractivity contribution is -0.121. The van der Waals surface area contributed by atoms with Crippen LogP contribution >= 0.6 is 0 Å². The molecule has 0 aliphatic carbocycles. The minimum absolute atomic E-state index is 0.105. The number of hydrogen-bond donors (Lipinski definition) is 1. The Labute approximate surface area is 178 Å². The molecule has 0 spiro atoms. The van der Waals surface area contributed by atoms with Crippen LogP contribution in [0.25, 0.3) is 11.4 Å². The minimum Gasteiger partial charge on any atom is -0.457 e. The molecule has 1 N–H and O–H groups in total. The quantitative estimate of drug-likeness (QED) is 0.440. The lowest BCUT2D eigenvalue weighted by Crippen LogP contribution is -2.23. The van der Waals surface area contributed by atoms with E-state index >= 15 is 0 Å². The number of amides is 1. The van der Waals surface area contributed by atoms with Gasteiger partial charge in [0.1, 0.15) is 17.3 Å². The average molecular weight is 417 g/mol. The van der Waals surface area contributed by atoms with Gasteiger partial charge in [-0.15, -0.1) is 0 Å². The first-order valence-electron chi connectivity index (χ1n) is 9.83. The van der Waals surface area contributed by atoms with Crippen LogP contribution in [0.2, 0.25) is 0 Å². The second-order valence-corrected chi connectivity index (χ2v) is 6.85. The van der Waals surface area contributed by atoms with Crippen molar-refractivity contribution in [3.05, 3.63) is 96.1 Å². The Morgan fingerprint density at radius 1 is 0.935 bits per heavy atom. The summed E-state index contributed by atoms with van der Waals surface area (Å²) >= 11 is 0. The zero-order valence-corrected chi connectivity index (χ0v) is 16.6. The van der Waals surface area contributed by atoms with Crippen molar-refractivity contribution in [1.82, 2.24) is 15.5 Å². The van der Waals surface area contributed by atoms with Crippen molar-refractivity contribution < 1.29 is 18.4 Å². The van der Waals surface area contributed by atoms with E-state index in [4.69, 9.17) is 9.26 Å². The third kappa shape index (κ3) is 5.76. The van der Waals surface area contributed by atoms with Crippen molar-refractivity contribution >= 4 is 5.91 Å². The molecule has 0 saturated heterocycles. The number of carbonyl (C=O) groups is 1. The van der Waals surface area contributed by atoms with Gasteiger partial charge in [-0.3, -0.25) is 4.79 Å². The van der Waals surface area contributed by atoms with Crippen LogP contribution in [0.15, 0.2) is 83.4 Å². The Morgan fingerprint density at radius 3 is 2.32 bits per heavy atom. The summed E-state index contributed by atoms with van der Waals surface area (Å²) in [7, 11) is 0. The molecule has 1 aromatic heterocycles. The third-order valence-corrected chi connectivity index (χ3v) is 4.53. The van der Waals surface area contributed by atoms with Gasteiger partial charge < -0.3 is 14.6 Å². The summed E-state index contributed by atoms with van der Waals surface area (Å²) in [6, 6.07) is 22.7. The Hall–Kier alpha value is -4.00. The fourth-order valence-electron chi connectivity index (χ4n) is 2.88. The largest absolute Gasteiger partial charge is 0.457 e. The Bertz CT molecular complexity index is 1130. The normalized spacial score (nSPS) is 10.6. The fourth-order valence-corrected chi connectivity index (χ4v) is 2.88. The first-order chi connectivity index (χ1) is 15.2. The molecule has 0 aliphatic heterocycles. The van der Waals surface area contributed by atoms with Crippen LogP contribution in [0.4, 0.5) is 4.39 Å². The number of aromatic nitrogens is 2. The van der Waals surface area contributed by atoms with Crippen LogP contribution in [0.5, 0.6) is 11.5 Å². The van der Waals surface area contributed by atoms with E-state index in [1.54, 1.807) is 24.3 Å². The van der Waals surface area contributed by atoms with Gasteiger partial charge in [0.2, 0.25) is 17.6 Å². The van der Waals surface area contributed by atoms with Gasteiger partial charge in [-0.25, -0.2) is 4.39 Å². The second kappa shape index (κ2) is 9.67. The number of benzene rings is 3. The van der Waals surface area contributed by atoms with Gasteiger partial charge in [0.15, 0.2) is 0 Å². The molecule has 4 aromatic rings. The number of nitrogens with one attached hydrogen (secondary N) is 1. The van der Waals surface area contributed by atoms with E-state index in [1.807, 2.05) is 42.5 Å². The molecule has 0 radical (unpaired) electrons. The first kappa shape index (κ1) is 20.3. The molecule has 3 aromatic carbocycles. The minimum atomic E-state index is -0.311. The lowest BCUT2D eigenvalue weighted by Gasteiger charge is -2.08. The SMILES string of the molecule is O=C(CCc1nc(-c2ccccc2)no1)NCc1ccc(Oc2ccc(F)cc2)cc1. The van der Waals surface area contributed by atoms with E-state index in [-0.39, 0.29) is 18.1 Å². The third-order valence-electron chi connectivity index (χ3n) is 4.53. The molecule has 7 heteroatoms. The molecule has 156 valence electrons. The highest BCUT2D eigenvalue weighted by atomic mass is 19.1. The molecule has 0 unspecified atom stereocenters. The summed E-state index contributed by atoms with van der Waals surface area (Å²) in [6.45, 7) is 0.398. The van der Waals surface area contributed by atoms with Gasteiger partial charge in [0.05, 0.1) is 0 Å². The van der Waals surface area contributed by atoms with Crippen molar-refractivity contribution in [1.29, 1.82) is 0 Å². The fraction of sp³-hybridized carbons (Fsp3) is 0.125. The van der Waals surface area contributed by atoms with E-state index in [0.29, 0.717) is 36.2 Å². The van der Waals surface area contributed by atoms with Crippen LogP contribution in [-0.4, -0.2) is 16.0 Å². The van der Waals surface area contributed by atoms with E-state index in [9.17, 15) is 9.18 Å². The molecule has 0 atom stereocenters. The van der Waals surface area contributed by atoms with Gasteiger partial charge in [-0.2, -0.15) is 4.98 Å². The summed E-state index contributed by atoms with van der Waals surface area (Å²) in [4.78, 5) is 16.5. The Kier molecular flexibility index (Phi) is 6.32. The summed E-state index contributed by atoms with van der Waals surface area (Å²) in [5, 5.41) is 6.82. The number of rotatable bonds is 8. The van der Waals surface area contributed by atoms with Crippen molar-refractivity contribution in [2.24, 2.45) is 0 Å². The standard InChI is InChI=1S/C24H20FN3O3/c25-19-8-12-21(13-9-19)30-20-10-6-17(7-11-20)16-26-22(29)14-15-23-27-24(28-31-23)18-4-2-1-3-5-18/h1-13H,14-16H2,(H,26,29). The van der Waals surface area contributed by atoms with Gasteiger partial charge in [-0.1, -0.05) is 47.6 Å². The topological polar surface area (TPSA) is 77.2 Å². The van der Waals surface area contributed by atoms with E-state index in [0.717, 1.165) is 11.1 Å². The van der Waals surface area contributed by atoms with Gasteiger partial charge in [-0.05, 0) is 42.0 Å². The van der Waals surface area contributed by atoms with Crippen LogP contribution in [0.3, 0.4) is 0 Å². The summed E-state index contributed by atoms with van der Waals surface area (Å²) < 4.78 is 23.8. The van der Waals surface area contributed by atoms with Crippen LogP contribution in [0.1, 0.15) is 17.9 Å². The van der Waals surface area contributed by atoms with Crippen LogP contribution in [-0.2, 0) is 17.8 Å². The predicted octanol–water partition coefficient (Wildman–Crippen LogP) is 4.92. The maximum Gasteiger partial charge on any atom is 0.227 e. The molecule has 0 bridgehead atoms. The first-order valence-corrected chi connectivity index (χ1v) is 9.83. The molecule has 0 fully saturated rings. The summed E-state index contributed by atoms with van der Waals surface area (Å²) in [5.74, 6) is 1.71. The van der Waals surface area contributed by atoms with Crippen molar-refractivity contribution in [3.63, 3.8) is 0 Å². The van der Waals surface area contributed by atoms with Gasteiger partial charge in [0.25, 0.3) is 0 Å². The molecule has 0 aliphatic rings. The highest BCUT2D eigenvalue weighted by Gasteiger charge is 2.10. The Balaban J connectivity index is 1.22. The molecule has 1 amide bonds. The molecular formula is C24H20FN3O3. The monoisotopic (exact) mass is 417 g/mol. The number of hydrogen-bond acceptors (Lipinski definition) is 5. The number of halogens is 1. The molecule has 4 rings (SSSR count). The van der Waals surface area contributed by atoms with Crippen molar-refractivity contribution in [3.8, 4) is 22.9 Å². The molecule has 6 nitrogen and oxygen atoms in total. The van der Waals surface area contributed by atoms with E-state index in [2.05, 4.69) is 15.5 Å².